The summed E-state index contributed by atoms with van der Waals surface area (Å²) in [5, 5.41) is 7.14. The second-order valence-electron chi connectivity index (χ2n) is 4.69. The maximum absolute atomic E-state index is 5.30. The van der Waals surface area contributed by atoms with Crippen LogP contribution in [0, 0.1) is 13.8 Å². The summed E-state index contributed by atoms with van der Waals surface area (Å²) in [6, 6.07) is 0.260. The second kappa shape index (κ2) is 4.78. The molecule has 0 bridgehead atoms. The Labute approximate surface area is 110 Å². The summed E-state index contributed by atoms with van der Waals surface area (Å²) in [6.45, 7) is 5.84. The van der Waals surface area contributed by atoms with Crippen molar-refractivity contribution in [3.05, 3.63) is 27.8 Å². The number of hydrogen-bond acceptors (Lipinski definition) is 6. The minimum absolute atomic E-state index is 0.260. The molecule has 96 valence electrons. The number of thiazole rings is 1. The minimum atomic E-state index is 0.260. The molecule has 1 fully saturated rings. The van der Waals surface area contributed by atoms with E-state index in [-0.39, 0.29) is 6.04 Å². The molecule has 0 N–H and O–H groups in total. The molecule has 1 aliphatic heterocycles. The summed E-state index contributed by atoms with van der Waals surface area (Å²) in [6.07, 6.45) is 2.27. The van der Waals surface area contributed by atoms with Crippen molar-refractivity contribution in [1.29, 1.82) is 0 Å². The molecular formula is C12H16N4OS. The number of hydrogen-bond donors (Lipinski definition) is 0. The first-order chi connectivity index (χ1) is 8.72. The summed E-state index contributed by atoms with van der Waals surface area (Å²) in [7, 11) is 0. The standard InChI is InChI=1S/C12H16N4OS/c1-8-7-18-11(13-8)6-16-5-3-4-10(16)12-14-9(2)15-17-12/h7,10H,3-6H2,1-2H3/t10-/m0/s1. The molecule has 0 amide bonds. The van der Waals surface area contributed by atoms with Crippen molar-refractivity contribution in [3.63, 3.8) is 0 Å². The van der Waals surface area contributed by atoms with E-state index in [9.17, 15) is 0 Å². The lowest BCUT2D eigenvalue weighted by atomic mass is 10.2. The molecule has 0 aromatic carbocycles. The molecule has 0 radical (unpaired) electrons. The maximum atomic E-state index is 5.30. The van der Waals surface area contributed by atoms with Crippen LogP contribution in [-0.4, -0.2) is 26.6 Å². The van der Waals surface area contributed by atoms with Gasteiger partial charge in [0.2, 0.25) is 5.89 Å². The van der Waals surface area contributed by atoms with Crippen LogP contribution >= 0.6 is 11.3 Å². The van der Waals surface area contributed by atoms with Crippen LogP contribution in [0.5, 0.6) is 0 Å². The van der Waals surface area contributed by atoms with E-state index in [4.69, 9.17) is 4.52 Å². The average molecular weight is 264 g/mol. The Bertz CT molecular complexity index is 536. The van der Waals surface area contributed by atoms with Crippen LogP contribution < -0.4 is 0 Å². The fourth-order valence-electron chi connectivity index (χ4n) is 2.39. The SMILES string of the molecule is Cc1csc(CN2CCC[C@H]2c2nc(C)no2)n1. The van der Waals surface area contributed by atoms with Crippen molar-refractivity contribution in [3.8, 4) is 0 Å². The van der Waals surface area contributed by atoms with Gasteiger partial charge in [0.1, 0.15) is 5.01 Å². The lowest BCUT2D eigenvalue weighted by Gasteiger charge is -2.19. The highest BCUT2D eigenvalue weighted by Gasteiger charge is 2.30. The quantitative estimate of drug-likeness (QED) is 0.852. The number of nitrogens with zero attached hydrogens (tertiary/aromatic N) is 4. The Morgan fingerprint density at radius 3 is 3.00 bits per heavy atom. The first-order valence-electron chi connectivity index (χ1n) is 6.17. The molecule has 2 aromatic heterocycles. The molecule has 3 rings (SSSR count). The number of likely N-dealkylation sites (tertiary alicyclic amines) is 1. The monoisotopic (exact) mass is 264 g/mol. The summed E-state index contributed by atoms with van der Waals surface area (Å²) in [5.74, 6) is 1.46. The van der Waals surface area contributed by atoms with Gasteiger partial charge < -0.3 is 4.52 Å². The zero-order valence-electron chi connectivity index (χ0n) is 10.6. The topological polar surface area (TPSA) is 55.1 Å². The predicted octanol–water partition coefficient (Wildman–Crippen LogP) is 2.48. The highest BCUT2D eigenvalue weighted by Crippen LogP contribution is 2.32. The van der Waals surface area contributed by atoms with Gasteiger partial charge in [0.15, 0.2) is 5.82 Å². The summed E-state index contributed by atoms with van der Waals surface area (Å²) < 4.78 is 5.30. The molecule has 1 saturated heterocycles. The van der Waals surface area contributed by atoms with E-state index in [1.54, 1.807) is 11.3 Å². The lowest BCUT2D eigenvalue weighted by Crippen LogP contribution is -2.23. The first kappa shape index (κ1) is 11.8. The molecule has 18 heavy (non-hydrogen) atoms. The van der Waals surface area contributed by atoms with Gasteiger partial charge in [-0.2, -0.15) is 4.98 Å². The molecule has 0 aliphatic carbocycles. The molecule has 3 heterocycles. The van der Waals surface area contributed by atoms with Gasteiger partial charge in [0.05, 0.1) is 12.6 Å². The van der Waals surface area contributed by atoms with Gasteiger partial charge >= 0.3 is 0 Å². The van der Waals surface area contributed by atoms with Gasteiger partial charge in [-0.25, -0.2) is 4.98 Å². The molecule has 6 heteroatoms. The van der Waals surface area contributed by atoms with Crippen LogP contribution in [0.15, 0.2) is 9.90 Å². The van der Waals surface area contributed by atoms with Crippen molar-refractivity contribution >= 4 is 11.3 Å². The van der Waals surface area contributed by atoms with Gasteiger partial charge in [-0.1, -0.05) is 5.16 Å². The molecule has 0 spiro atoms. The number of rotatable bonds is 3. The van der Waals surface area contributed by atoms with Crippen LogP contribution in [0.25, 0.3) is 0 Å². The average Bonchev–Trinajstić information content (AvgIpc) is 3.01. The Morgan fingerprint density at radius 2 is 2.33 bits per heavy atom. The van der Waals surface area contributed by atoms with Crippen molar-refractivity contribution in [2.75, 3.05) is 6.54 Å². The third-order valence-electron chi connectivity index (χ3n) is 3.20. The van der Waals surface area contributed by atoms with Gasteiger partial charge in [-0.05, 0) is 33.2 Å². The molecule has 2 aromatic rings. The zero-order valence-corrected chi connectivity index (χ0v) is 11.4. The van der Waals surface area contributed by atoms with Crippen LogP contribution in [0.1, 0.15) is 41.3 Å². The van der Waals surface area contributed by atoms with E-state index >= 15 is 0 Å². The minimum Gasteiger partial charge on any atom is -0.338 e. The Kier molecular flexibility index (Phi) is 3.13. The Balaban J connectivity index is 1.75. The molecular weight excluding hydrogens is 248 g/mol. The zero-order chi connectivity index (χ0) is 12.5. The fourth-order valence-corrected chi connectivity index (χ4v) is 3.19. The predicted molar refractivity (Wildman–Crippen MR) is 68.3 cm³/mol. The molecule has 0 unspecified atom stereocenters. The third-order valence-corrected chi connectivity index (χ3v) is 4.15. The molecule has 1 atom stereocenters. The Morgan fingerprint density at radius 1 is 1.44 bits per heavy atom. The van der Waals surface area contributed by atoms with E-state index < -0.39 is 0 Å². The first-order valence-corrected chi connectivity index (χ1v) is 7.05. The summed E-state index contributed by atoms with van der Waals surface area (Å²) in [4.78, 5) is 11.3. The van der Waals surface area contributed by atoms with Crippen LogP contribution in [0.3, 0.4) is 0 Å². The van der Waals surface area contributed by atoms with Crippen LogP contribution in [0.4, 0.5) is 0 Å². The van der Waals surface area contributed by atoms with Crippen LogP contribution in [0.2, 0.25) is 0 Å². The summed E-state index contributed by atoms with van der Waals surface area (Å²) in [5.41, 5.74) is 1.10. The van der Waals surface area contributed by atoms with E-state index in [1.165, 1.54) is 6.42 Å². The fraction of sp³-hybridized carbons (Fsp3) is 0.583. The van der Waals surface area contributed by atoms with Crippen LogP contribution in [-0.2, 0) is 6.54 Å². The third kappa shape index (κ3) is 2.30. The van der Waals surface area contributed by atoms with Gasteiger partial charge in [0.25, 0.3) is 0 Å². The molecule has 1 aliphatic rings. The maximum Gasteiger partial charge on any atom is 0.243 e. The Hall–Kier alpha value is -1.27. The van der Waals surface area contributed by atoms with Crippen molar-refractivity contribution in [2.24, 2.45) is 0 Å². The number of aromatic nitrogens is 3. The summed E-state index contributed by atoms with van der Waals surface area (Å²) >= 11 is 1.72. The lowest BCUT2D eigenvalue weighted by molar-refractivity contribution is 0.200. The highest BCUT2D eigenvalue weighted by atomic mass is 32.1. The van der Waals surface area contributed by atoms with Crippen molar-refractivity contribution in [1.82, 2.24) is 20.0 Å². The van der Waals surface area contributed by atoms with Gasteiger partial charge in [0, 0.05) is 11.1 Å². The smallest absolute Gasteiger partial charge is 0.243 e. The van der Waals surface area contributed by atoms with E-state index in [2.05, 4.69) is 25.4 Å². The normalized spacial score (nSPS) is 20.7. The van der Waals surface area contributed by atoms with Crippen molar-refractivity contribution in [2.45, 2.75) is 39.3 Å². The number of aryl methyl sites for hydroxylation is 2. The van der Waals surface area contributed by atoms with E-state index in [0.29, 0.717) is 5.82 Å². The van der Waals surface area contributed by atoms with E-state index in [1.807, 2.05) is 13.8 Å². The largest absolute Gasteiger partial charge is 0.338 e. The molecule has 0 saturated carbocycles. The molecule has 5 nitrogen and oxygen atoms in total. The van der Waals surface area contributed by atoms with Gasteiger partial charge in [-0.3, -0.25) is 4.90 Å². The highest BCUT2D eigenvalue weighted by molar-refractivity contribution is 7.09. The second-order valence-corrected chi connectivity index (χ2v) is 5.63. The van der Waals surface area contributed by atoms with Gasteiger partial charge in [-0.15, -0.1) is 11.3 Å². The van der Waals surface area contributed by atoms with Crippen molar-refractivity contribution < 1.29 is 4.52 Å². The van der Waals surface area contributed by atoms with E-state index in [0.717, 1.165) is 36.1 Å².